The van der Waals surface area contributed by atoms with Gasteiger partial charge < -0.3 is 9.47 Å². The Kier molecular flexibility index (Phi) is 8.49. The molecule has 3 heteroatoms. The predicted molar refractivity (Wildman–Crippen MR) is 289 cm³/mol. The van der Waals surface area contributed by atoms with Crippen molar-refractivity contribution in [2.45, 2.75) is 0 Å². The van der Waals surface area contributed by atoms with Gasteiger partial charge in [0.15, 0.2) is 0 Å². The molecule has 67 heavy (non-hydrogen) atoms. The van der Waals surface area contributed by atoms with Crippen molar-refractivity contribution in [1.29, 1.82) is 0 Å². The standard InChI is InChI=1S/C64H40N2S/c1-2-15-41(16-3-1)57-39-45(34-36-47(57)43-29-32-44(33-30-43)66-59-26-12-10-24-56(59)63-48-18-5-4-17-42(48)31-38-60(63)66)65(61-27-14-25-55-54-23-11-13-28-62(54)67-64(55)61)46-35-37-53-51-21-7-6-19-49(51)50-20-8-9-22-52(50)58(53)40-46/h1-40H. The maximum absolute atomic E-state index is 2.49. The zero-order chi connectivity index (χ0) is 44.0. The summed E-state index contributed by atoms with van der Waals surface area (Å²) in [6.07, 6.45) is 0. The lowest BCUT2D eigenvalue weighted by Gasteiger charge is -2.28. The molecule has 0 fully saturated rings. The first kappa shape index (κ1) is 37.8. The van der Waals surface area contributed by atoms with Crippen LogP contribution in [0.5, 0.6) is 0 Å². The van der Waals surface area contributed by atoms with Crippen LogP contribution in [0.25, 0.3) is 113 Å². The number of benzene rings is 12. The van der Waals surface area contributed by atoms with E-state index in [-0.39, 0.29) is 0 Å². The molecule has 0 aliphatic carbocycles. The number of aromatic nitrogens is 1. The van der Waals surface area contributed by atoms with Crippen LogP contribution in [-0.2, 0) is 0 Å². The minimum Gasteiger partial charge on any atom is -0.309 e. The highest BCUT2D eigenvalue weighted by atomic mass is 32.1. The van der Waals surface area contributed by atoms with Crippen LogP contribution in [0.3, 0.4) is 0 Å². The van der Waals surface area contributed by atoms with E-state index in [4.69, 9.17) is 0 Å². The molecule has 0 atom stereocenters. The first-order chi connectivity index (χ1) is 33.2. The van der Waals surface area contributed by atoms with Gasteiger partial charge in [-0.25, -0.2) is 0 Å². The molecule has 14 aromatic rings. The van der Waals surface area contributed by atoms with Crippen molar-refractivity contribution in [3.8, 4) is 27.9 Å². The molecule has 0 radical (unpaired) electrons. The van der Waals surface area contributed by atoms with Crippen LogP contribution in [0.4, 0.5) is 17.1 Å². The molecular formula is C64H40N2S. The van der Waals surface area contributed by atoms with E-state index in [1.165, 1.54) is 113 Å². The second kappa shape index (κ2) is 15.0. The van der Waals surface area contributed by atoms with Crippen molar-refractivity contribution >= 4 is 113 Å². The van der Waals surface area contributed by atoms with Crippen molar-refractivity contribution in [3.63, 3.8) is 0 Å². The van der Waals surface area contributed by atoms with Crippen molar-refractivity contribution in [3.05, 3.63) is 243 Å². The Balaban J connectivity index is 0.972. The number of anilines is 3. The topological polar surface area (TPSA) is 8.17 Å². The lowest BCUT2D eigenvalue weighted by Crippen LogP contribution is -2.10. The lowest BCUT2D eigenvalue weighted by molar-refractivity contribution is 1.18. The third-order valence-electron chi connectivity index (χ3n) is 14.0. The number of hydrogen-bond donors (Lipinski definition) is 0. The van der Waals surface area contributed by atoms with Crippen LogP contribution in [0.2, 0.25) is 0 Å². The van der Waals surface area contributed by atoms with Gasteiger partial charge in [0.25, 0.3) is 0 Å². The summed E-state index contributed by atoms with van der Waals surface area (Å²) in [5.74, 6) is 0. The van der Waals surface area contributed by atoms with Gasteiger partial charge in [-0.3, -0.25) is 0 Å². The van der Waals surface area contributed by atoms with Crippen LogP contribution in [0.15, 0.2) is 243 Å². The minimum absolute atomic E-state index is 1.10. The zero-order valence-electron chi connectivity index (χ0n) is 36.4. The smallest absolute Gasteiger partial charge is 0.0640 e. The van der Waals surface area contributed by atoms with Crippen LogP contribution in [0.1, 0.15) is 0 Å². The third-order valence-corrected chi connectivity index (χ3v) is 15.2. The molecule has 312 valence electrons. The molecule has 0 spiro atoms. The van der Waals surface area contributed by atoms with Gasteiger partial charge in [-0.05, 0) is 126 Å². The predicted octanol–water partition coefficient (Wildman–Crippen LogP) is 18.6. The second-order valence-corrected chi connectivity index (χ2v) is 18.6. The second-order valence-electron chi connectivity index (χ2n) is 17.6. The molecule has 12 aromatic carbocycles. The van der Waals surface area contributed by atoms with Crippen molar-refractivity contribution < 1.29 is 0 Å². The summed E-state index contributed by atoms with van der Waals surface area (Å²) >= 11 is 1.87. The molecule has 2 nitrogen and oxygen atoms in total. The summed E-state index contributed by atoms with van der Waals surface area (Å²) in [7, 11) is 0. The SMILES string of the molecule is c1ccc(-c2cc(N(c3ccc4c5ccccc5c5ccccc5c4c3)c3cccc4c3sc3ccccc34)ccc2-c2ccc(-n3c4ccccc4c4c5ccccc5ccc43)cc2)cc1. The van der Waals surface area contributed by atoms with Gasteiger partial charge in [-0.15, -0.1) is 11.3 Å². The molecule has 14 rings (SSSR count). The Bertz CT molecular complexity index is 4240. The average Bonchev–Trinajstić information content (AvgIpc) is 3.96. The largest absolute Gasteiger partial charge is 0.309 e. The van der Waals surface area contributed by atoms with Crippen LogP contribution in [-0.4, -0.2) is 4.57 Å². The average molecular weight is 869 g/mol. The van der Waals surface area contributed by atoms with E-state index in [2.05, 4.69) is 252 Å². The first-order valence-corrected chi connectivity index (χ1v) is 23.8. The van der Waals surface area contributed by atoms with E-state index in [1.807, 2.05) is 11.3 Å². The van der Waals surface area contributed by atoms with Gasteiger partial charge in [0, 0.05) is 43.3 Å². The van der Waals surface area contributed by atoms with Crippen molar-refractivity contribution in [2.24, 2.45) is 0 Å². The van der Waals surface area contributed by atoms with E-state index in [0.29, 0.717) is 0 Å². The van der Waals surface area contributed by atoms with E-state index in [9.17, 15) is 0 Å². The Morgan fingerprint density at radius 2 is 0.910 bits per heavy atom. The number of para-hydroxylation sites is 1. The lowest BCUT2D eigenvalue weighted by atomic mass is 9.92. The fraction of sp³-hybridized carbons (Fsp3) is 0. The molecule has 0 aliphatic heterocycles. The van der Waals surface area contributed by atoms with Crippen molar-refractivity contribution in [2.75, 3.05) is 4.90 Å². The summed E-state index contributed by atoms with van der Waals surface area (Å²) in [6.45, 7) is 0. The van der Waals surface area contributed by atoms with E-state index in [0.717, 1.165) is 17.1 Å². The number of thiophene rings is 1. The molecule has 0 saturated heterocycles. The molecule has 0 unspecified atom stereocenters. The Hall–Kier alpha value is -8.50. The maximum Gasteiger partial charge on any atom is 0.0640 e. The first-order valence-electron chi connectivity index (χ1n) is 23.0. The summed E-state index contributed by atoms with van der Waals surface area (Å²) in [5, 5.41) is 15.3. The van der Waals surface area contributed by atoms with Gasteiger partial charge in [0.1, 0.15) is 0 Å². The van der Waals surface area contributed by atoms with Crippen molar-refractivity contribution in [1.82, 2.24) is 4.57 Å². The Morgan fingerprint density at radius 1 is 0.328 bits per heavy atom. The van der Waals surface area contributed by atoms with E-state index < -0.39 is 0 Å². The Labute approximate surface area is 391 Å². The fourth-order valence-corrected chi connectivity index (χ4v) is 12.2. The van der Waals surface area contributed by atoms with Gasteiger partial charge in [-0.2, -0.15) is 0 Å². The molecule has 0 bridgehead atoms. The van der Waals surface area contributed by atoms with Gasteiger partial charge in [-0.1, -0.05) is 182 Å². The highest BCUT2D eigenvalue weighted by Gasteiger charge is 2.22. The van der Waals surface area contributed by atoms with Gasteiger partial charge in [0.05, 0.1) is 21.4 Å². The number of fused-ring (bicyclic) bond motifs is 14. The summed E-state index contributed by atoms with van der Waals surface area (Å²) in [4.78, 5) is 2.49. The van der Waals surface area contributed by atoms with Crippen LogP contribution in [0, 0.1) is 0 Å². The highest BCUT2D eigenvalue weighted by molar-refractivity contribution is 7.26. The third kappa shape index (κ3) is 5.88. The normalized spacial score (nSPS) is 11.9. The van der Waals surface area contributed by atoms with Gasteiger partial charge >= 0.3 is 0 Å². The highest BCUT2D eigenvalue weighted by Crippen LogP contribution is 2.48. The summed E-state index contributed by atoms with van der Waals surface area (Å²) < 4.78 is 4.98. The quantitative estimate of drug-likeness (QED) is 0.151. The van der Waals surface area contributed by atoms with Crippen LogP contribution < -0.4 is 4.90 Å². The molecule has 0 N–H and O–H groups in total. The monoisotopic (exact) mass is 868 g/mol. The molecule has 0 saturated carbocycles. The molecule has 2 heterocycles. The zero-order valence-corrected chi connectivity index (χ0v) is 37.2. The number of hydrogen-bond acceptors (Lipinski definition) is 2. The van der Waals surface area contributed by atoms with E-state index >= 15 is 0 Å². The molecule has 2 aromatic heterocycles. The van der Waals surface area contributed by atoms with E-state index in [1.54, 1.807) is 0 Å². The maximum atomic E-state index is 2.49. The fourth-order valence-electron chi connectivity index (χ4n) is 11.0. The molecular weight excluding hydrogens is 829 g/mol. The van der Waals surface area contributed by atoms with Gasteiger partial charge in [0.2, 0.25) is 0 Å². The summed E-state index contributed by atoms with van der Waals surface area (Å²) in [6, 6.07) is 89.6. The Morgan fingerprint density at radius 3 is 1.69 bits per heavy atom. The molecule has 0 aliphatic rings. The number of nitrogens with zero attached hydrogens (tertiary/aromatic N) is 2. The molecule has 0 amide bonds. The number of rotatable bonds is 6. The summed E-state index contributed by atoms with van der Waals surface area (Å²) in [5.41, 5.74) is 11.7. The minimum atomic E-state index is 1.10. The van der Waals surface area contributed by atoms with Crippen LogP contribution >= 0.6 is 11.3 Å².